The van der Waals surface area contributed by atoms with Gasteiger partial charge in [0.1, 0.15) is 0 Å². The van der Waals surface area contributed by atoms with Crippen LogP contribution in [0.15, 0.2) is 60.2 Å². The maximum absolute atomic E-state index is 12.5. The van der Waals surface area contributed by atoms with Gasteiger partial charge in [-0.2, -0.15) is 0 Å². The largest absolute Gasteiger partial charge is 0.388 e. The summed E-state index contributed by atoms with van der Waals surface area (Å²) in [5.41, 5.74) is 5.42. The third kappa shape index (κ3) is 8.48. The summed E-state index contributed by atoms with van der Waals surface area (Å²) in [6.07, 6.45) is 9.91. The van der Waals surface area contributed by atoms with Gasteiger partial charge in [0.05, 0.1) is 11.1 Å². The van der Waals surface area contributed by atoms with Gasteiger partial charge < -0.3 is 16.2 Å². The molecule has 0 saturated carbocycles. The van der Waals surface area contributed by atoms with Crippen molar-refractivity contribution in [1.29, 1.82) is 0 Å². The predicted molar refractivity (Wildman–Crippen MR) is 120 cm³/mol. The molecule has 4 N–H and O–H groups in total. The number of aliphatic hydroxyl groups is 1. The van der Waals surface area contributed by atoms with Crippen LogP contribution in [0.1, 0.15) is 58.6 Å². The van der Waals surface area contributed by atoms with Crippen LogP contribution < -0.4 is 11.1 Å². The van der Waals surface area contributed by atoms with E-state index < -0.39 is 11.1 Å². The Hall–Kier alpha value is -2.66. The standard InChI is InChI=1S/C21H27NO2.C2H6.CH3NO/c1-15-9-11-17(12-10-15)16-7-6-8-18(14-13-16)19(23)22-20(2,3)21(4,5)24;1-2;2-1-3/h6-14,16,24H,1-5H3,(H,22,23);1-2H3;1H,(H2,2,3). The fourth-order valence-electron chi connectivity index (χ4n) is 2.28. The molecule has 0 bridgehead atoms. The average Bonchev–Trinajstić information content (AvgIpc) is 2.90. The third-order valence-corrected chi connectivity index (χ3v) is 4.76. The molecule has 0 saturated heterocycles. The van der Waals surface area contributed by atoms with Crippen LogP contribution in [0.3, 0.4) is 0 Å². The minimum absolute atomic E-state index is 0.148. The van der Waals surface area contributed by atoms with E-state index in [1.165, 1.54) is 11.1 Å². The minimum atomic E-state index is -1.02. The zero-order chi connectivity index (χ0) is 22.7. The highest BCUT2D eigenvalue weighted by molar-refractivity contribution is 5.97. The molecule has 29 heavy (non-hydrogen) atoms. The van der Waals surface area contributed by atoms with Crippen LogP contribution in [-0.2, 0) is 9.59 Å². The number of nitrogens with two attached hydrogens (primary N) is 1. The molecule has 2 rings (SSSR count). The van der Waals surface area contributed by atoms with E-state index >= 15 is 0 Å². The Bertz CT molecular complexity index is 736. The molecule has 5 heteroatoms. The lowest BCUT2D eigenvalue weighted by molar-refractivity contribution is -0.122. The first-order valence-electron chi connectivity index (χ1n) is 9.85. The Morgan fingerprint density at radius 3 is 2.10 bits per heavy atom. The number of benzene rings is 1. The molecule has 160 valence electrons. The number of aryl methyl sites for hydroxylation is 1. The molecule has 1 aliphatic rings. The van der Waals surface area contributed by atoms with Gasteiger partial charge in [0, 0.05) is 11.5 Å². The molecule has 0 heterocycles. The van der Waals surface area contributed by atoms with Crippen molar-refractivity contribution in [2.24, 2.45) is 5.73 Å². The zero-order valence-electron chi connectivity index (χ0n) is 18.7. The Kier molecular flexibility index (Phi) is 10.9. The third-order valence-electron chi connectivity index (χ3n) is 4.76. The van der Waals surface area contributed by atoms with Gasteiger partial charge in [-0.15, -0.1) is 0 Å². The van der Waals surface area contributed by atoms with E-state index in [0.29, 0.717) is 5.57 Å². The summed E-state index contributed by atoms with van der Waals surface area (Å²) in [6.45, 7) is 13.1. The maximum Gasteiger partial charge on any atom is 0.251 e. The van der Waals surface area contributed by atoms with Gasteiger partial charge in [0.2, 0.25) is 6.41 Å². The first-order valence-corrected chi connectivity index (χ1v) is 9.85. The maximum atomic E-state index is 12.5. The van der Waals surface area contributed by atoms with E-state index in [2.05, 4.69) is 48.3 Å². The molecule has 1 aromatic rings. The van der Waals surface area contributed by atoms with Gasteiger partial charge in [-0.3, -0.25) is 9.59 Å². The van der Waals surface area contributed by atoms with E-state index in [4.69, 9.17) is 4.79 Å². The smallest absolute Gasteiger partial charge is 0.251 e. The molecule has 1 aliphatic carbocycles. The Balaban J connectivity index is 0.00000143. The molecular formula is C24H36N2O3. The second kappa shape index (κ2) is 12.0. The van der Waals surface area contributed by atoms with Gasteiger partial charge in [0.15, 0.2) is 0 Å². The van der Waals surface area contributed by atoms with Gasteiger partial charge in [-0.25, -0.2) is 0 Å². The summed E-state index contributed by atoms with van der Waals surface area (Å²) in [4.78, 5) is 21.1. The highest BCUT2D eigenvalue weighted by atomic mass is 16.3. The highest BCUT2D eigenvalue weighted by Crippen LogP contribution is 2.24. The van der Waals surface area contributed by atoms with Crippen molar-refractivity contribution in [1.82, 2.24) is 5.32 Å². The number of rotatable bonds is 4. The molecule has 0 aliphatic heterocycles. The summed E-state index contributed by atoms with van der Waals surface area (Å²) in [7, 11) is 0. The van der Waals surface area contributed by atoms with E-state index in [-0.39, 0.29) is 18.2 Å². The number of carbonyl (C=O) groups excluding carboxylic acids is 2. The van der Waals surface area contributed by atoms with Crippen molar-refractivity contribution < 1.29 is 14.7 Å². The number of allylic oxidation sites excluding steroid dienone is 4. The van der Waals surface area contributed by atoms with E-state index in [1.807, 2.05) is 45.9 Å². The van der Waals surface area contributed by atoms with Crippen molar-refractivity contribution in [3.63, 3.8) is 0 Å². The molecule has 0 radical (unpaired) electrons. The molecule has 5 nitrogen and oxygen atoms in total. The van der Waals surface area contributed by atoms with Crippen LogP contribution in [0, 0.1) is 6.92 Å². The fourth-order valence-corrected chi connectivity index (χ4v) is 2.28. The lowest BCUT2D eigenvalue weighted by Crippen LogP contribution is -2.57. The lowest BCUT2D eigenvalue weighted by Gasteiger charge is -2.38. The van der Waals surface area contributed by atoms with Crippen LogP contribution >= 0.6 is 0 Å². The van der Waals surface area contributed by atoms with Gasteiger partial charge >= 0.3 is 0 Å². The second-order valence-electron chi connectivity index (χ2n) is 7.58. The van der Waals surface area contributed by atoms with Crippen LogP contribution in [0.2, 0.25) is 0 Å². The van der Waals surface area contributed by atoms with Gasteiger partial charge in [-0.1, -0.05) is 68.0 Å². The van der Waals surface area contributed by atoms with E-state index in [9.17, 15) is 9.90 Å². The van der Waals surface area contributed by atoms with E-state index in [0.717, 1.165) is 0 Å². The molecular weight excluding hydrogens is 364 g/mol. The Morgan fingerprint density at radius 2 is 1.62 bits per heavy atom. The number of amides is 2. The SMILES string of the molecule is CC.Cc1ccc(C2C=CC=C(C(=O)NC(C)(C)C(C)(C)O)C=C2)cc1.NC=O. The van der Waals surface area contributed by atoms with Crippen molar-refractivity contribution in [3.8, 4) is 0 Å². The summed E-state index contributed by atoms with van der Waals surface area (Å²) >= 11 is 0. The summed E-state index contributed by atoms with van der Waals surface area (Å²) in [5.74, 6) is -0.0398. The quantitative estimate of drug-likeness (QED) is 0.669. The van der Waals surface area contributed by atoms with Crippen molar-refractivity contribution in [2.45, 2.75) is 65.5 Å². The Morgan fingerprint density at radius 1 is 1.10 bits per heavy atom. The monoisotopic (exact) mass is 400 g/mol. The summed E-state index contributed by atoms with van der Waals surface area (Å²) in [5, 5.41) is 13.1. The molecule has 2 amide bonds. The minimum Gasteiger partial charge on any atom is -0.388 e. The van der Waals surface area contributed by atoms with Crippen LogP contribution in [-0.4, -0.2) is 28.6 Å². The van der Waals surface area contributed by atoms with Crippen molar-refractivity contribution in [2.75, 3.05) is 0 Å². The molecule has 1 unspecified atom stereocenters. The zero-order valence-corrected chi connectivity index (χ0v) is 18.7. The number of hydrogen-bond acceptors (Lipinski definition) is 3. The molecule has 1 aromatic carbocycles. The number of carbonyl (C=O) groups is 2. The first kappa shape index (κ1) is 26.3. The van der Waals surface area contributed by atoms with Gasteiger partial charge in [0.25, 0.3) is 5.91 Å². The summed E-state index contributed by atoms with van der Waals surface area (Å²) in [6, 6.07) is 8.40. The lowest BCUT2D eigenvalue weighted by atomic mass is 9.85. The van der Waals surface area contributed by atoms with Crippen molar-refractivity contribution >= 4 is 12.3 Å². The van der Waals surface area contributed by atoms with E-state index in [1.54, 1.807) is 19.9 Å². The number of primary amides is 1. The normalized spacial score (nSPS) is 15.6. The predicted octanol–water partition coefficient (Wildman–Crippen LogP) is 3.92. The first-order chi connectivity index (χ1) is 13.5. The summed E-state index contributed by atoms with van der Waals surface area (Å²) < 4.78 is 0. The van der Waals surface area contributed by atoms with Crippen LogP contribution in [0.25, 0.3) is 0 Å². The number of nitrogens with one attached hydrogen (secondary N) is 1. The van der Waals surface area contributed by atoms with Crippen LogP contribution in [0.5, 0.6) is 0 Å². The molecule has 1 atom stereocenters. The van der Waals surface area contributed by atoms with Crippen LogP contribution in [0.4, 0.5) is 0 Å². The fraction of sp³-hybridized carbons (Fsp3) is 0.417. The highest BCUT2D eigenvalue weighted by Gasteiger charge is 2.36. The molecule has 0 aromatic heterocycles. The number of hydrogen-bond donors (Lipinski definition) is 3. The topological polar surface area (TPSA) is 92.4 Å². The Labute approximate surface area is 175 Å². The second-order valence-corrected chi connectivity index (χ2v) is 7.58. The van der Waals surface area contributed by atoms with Gasteiger partial charge in [-0.05, 0) is 46.3 Å². The average molecular weight is 401 g/mol. The molecule has 0 fully saturated rings. The molecule has 0 spiro atoms. The van der Waals surface area contributed by atoms with Crippen molar-refractivity contribution in [3.05, 3.63) is 71.3 Å².